The number of aliphatic hydroxyl groups excluding tert-OH is 1. The van der Waals surface area contributed by atoms with E-state index in [0.29, 0.717) is 6.54 Å². The van der Waals surface area contributed by atoms with Crippen LogP contribution in [0.15, 0.2) is 43.6 Å². The van der Waals surface area contributed by atoms with Crippen LogP contribution in [0.4, 0.5) is 0 Å². The molecule has 1 saturated carbocycles. The summed E-state index contributed by atoms with van der Waals surface area (Å²) in [6.07, 6.45) is 17.1. The fraction of sp³-hybridized carbons (Fsp3) is 0.704. The van der Waals surface area contributed by atoms with Gasteiger partial charge in [0.2, 0.25) is 0 Å². The maximum Gasteiger partial charge on any atom is 0.143 e. The van der Waals surface area contributed by atoms with Gasteiger partial charge in [-0.2, -0.15) is 0 Å². The van der Waals surface area contributed by atoms with Crippen LogP contribution in [-0.2, 0) is 0 Å². The summed E-state index contributed by atoms with van der Waals surface area (Å²) in [5.41, 5.74) is 7.96. The highest BCUT2D eigenvalue weighted by molar-refractivity contribution is 9.12. The van der Waals surface area contributed by atoms with Gasteiger partial charge in [0.25, 0.3) is 0 Å². The van der Waals surface area contributed by atoms with Crippen LogP contribution in [0, 0.1) is 5.92 Å². The van der Waals surface area contributed by atoms with Gasteiger partial charge in [-0.05, 0) is 73.3 Å². The summed E-state index contributed by atoms with van der Waals surface area (Å²) in [6, 6.07) is 0. The molecule has 1 heterocycles. The van der Waals surface area contributed by atoms with Gasteiger partial charge in [0, 0.05) is 13.3 Å². The molecule has 1 fully saturated rings. The van der Waals surface area contributed by atoms with Gasteiger partial charge in [0.05, 0.1) is 23.4 Å². The van der Waals surface area contributed by atoms with Crippen LogP contribution in [0.2, 0.25) is 0 Å². The number of aliphatic imine (C=N–C) groups is 2. The van der Waals surface area contributed by atoms with Crippen LogP contribution in [0.5, 0.6) is 0 Å². The van der Waals surface area contributed by atoms with Crippen molar-refractivity contribution in [3.8, 4) is 0 Å². The number of hydrogen-bond donors (Lipinski definition) is 4. The van der Waals surface area contributed by atoms with Gasteiger partial charge in [-0.1, -0.05) is 71.4 Å². The standard InChI is InChI=1S/C23H37BrN4.C2H6.CH5N.CH4O/c1-4-5-10-18(2)19(3)22-16-26-15-21(24)23(28-22)27-17-25-14-9-8-13-20-11-6-7-12-20;3*1-2/h5,10,15,20,25,27H,4,6-9,11-14,16-17H2,1-3H3;1-2H3;2H2,1H3;2H,1H3/b10-5-,19-18+;;;. The maximum absolute atomic E-state index is 7.00. The Labute approximate surface area is 218 Å². The Bertz CT molecular complexity index is 647. The van der Waals surface area contributed by atoms with E-state index in [0.717, 1.165) is 48.7 Å². The Morgan fingerprint density at radius 2 is 1.82 bits per heavy atom. The molecule has 0 unspecified atom stereocenters. The smallest absolute Gasteiger partial charge is 0.143 e. The molecule has 34 heavy (non-hydrogen) atoms. The van der Waals surface area contributed by atoms with E-state index in [-0.39, 0.29) is 0 Å². The van der Waals surface area contributed by atoms with Crippen LogP contribution in [0.25, 0.3) is 0 Å². The Morgan fingerprint density at radius 1 is 1.18 bits per heavy atom. The minimum atomic E-state index is 0.609. The van der Waals surface area contributed by atoms with Crippen molar-refractivity contribution in [3.63, 3.8) is 0 Å². The van der Waals surface area contributed by atoms with E-state index in [2.05, 4.69) is 70.2 Å². The SMILES string of the molecule is CC.CC/C=C\C(C)=C(/C)C1=NC(NCNCCCCC2CCCC2)=C(Br)C=NC1.CN.CO. The first kappa shape index (κ1) is 34.9. The first-order valence-corrected chi connectivity index (χ1v) is 13.7. The van der Waals surface area contributed by atoms with E-state index >= 15 is 0 Å². The number of unbranched alkanes of at least 4 members (excludes halogenated alkanes) is 1. The van der Waals surface area contributed by atoms with Crippen LogP contribution in [-0.4, -0.2) is 50.9 Å². The lowest BCUT2D eigenvalue weighted by atomic mass is 10.0. The molecular formula is C27H52BrN5O. The lowest BCUT2D eigenvalue weighted by molar-refractivity contribution is 0.399. The van der Waals surface area contributed by atoms with Crippen LogP contribution in [0.1, 0.15) is 86.0 Å². The van der Waals surface area contributed by atoms with Crippen molar-refractivity contribution in [1.29, 1.82) is 0 Å². The normalized spacial score (nSPS) is 16.4. The van der Waals surface area contributed by atoms with Crippen LogP contribution < -0.4 is 16.4 Å². The van der Waals surface area contributed by atoms with Gasteiger partial charge in [-0.3, -0.25) is 4.99 Å². The fourth-order valence-electron chi connectivity index (χ4n) is 3.69. The summed E-state index contributed by atoms with van der Waals surface area (Å²) in [4.78, 5) is 9.35. The van der Waals surface area contributed by atoms with Gasteiger partial charge < -0.3 is 21.5 Å². The summed E-state index contributed by atoms with van der Waals surface area (Å²) in [5.74, 6) is 1.85. The van der Waals surface area contributed by atoms with E-state index in [4.69, 9.17) is 10.1 Å². The molecule has 198 valence electrons. The first-order valence-electron chi connectivity index (χ1n) is 12.9. The molecule has 2 aliphatic rings. The fourth-order valence-corrected chi connectivity index (χ4v) is 4.06. The third-order valence-corrected chi connectivity index (χ3v) is 6.20. The lowest BCUT2D eigenvalue weighted by Gasteiger charge is -2.12. The third kappa shape index (κ3) is 15.6. The minimum Gasteiger partial charge on any atom is -0.400 e. The molecule has 6 nitrogen and oxygen atoms in total. The number of nitrogens with two attached hydrogens (primary N) is 1. The maximum atomic E-state index is 7.00. The molecule has 0 radical (unpaired) electrons. The summed E-state index contributed by atoms with van der Waals surface area (Å²) in [5, 5.41) is 13.9. The third-order valence-electron chi connectivity index (χ3n) is 5.62. The first-order chi connectivity index (χ1) is 16.6. The van der Waals surface area contributed by atoms with Crippen molar-refractivity contribution < 1.29 is 5.11 Å². The number of nitrogens with one attached hydrogen (secondary N) is 2. The van der Waals surface area contributed by atoms with E-state index in [1.54, 1.807) is 0 Å². The zero-order chi connectivity index (χ0) is 26.2. The summed E-state index contributed by atoms with van der Waals surface area (Å²) in [6.45, 7) is 12.8. The van der Waals surface area contributed by atoms with Crippen LogP contribution >= 0.6 is 15.9 Å². The molecule has 0 saturated heterocycles. The predicted octanol–water partition coefficient (Wildman–Crippen LogP) is 6.09. The summed E-state index contributed by atoms with van der Waals surface area (Å²) in [7, 11) is 2.50. The molecule has 2 rings (SSSR count). The Kier molecular flexibility index (Phi) is 25.5. The van der Waals surface area contributed by atoms with Crippen molar-refractivity contribution >= 4 is 27.9 Å². The van der Waals surface area contributed by atoms with E-state index in [1.165, 1.54) is 63.1 Å². The molecule has 5 N–H and O–H groups in total. The zero-order valence-corrected chi connectivity index (χ0v) is 24.5. The molecule has 0 aromatic rings. The number of aliphatic hydroxyl groups is 1. The van der Waals surface area contributed by atoms with Crippen molar-refractivity contribution in [3.05, 3.63) is 33.6 Å². The number of nitrogens with zero attached hydrogens (tertiary/aromatic N) is 2. The Balaban J connectivity index is 0. The average molecular weight is 543 g/mol. The van der Waals surface area contributed by atoms with Gasteiger partial charge in [-0.25, -0.2) is 4.99 Å². The van der Waals surface area contributed by atoms with Gasteiger partial charge in [-0.15, -0.1) is 0 Å². The predicted molar refractivity (Wildman–Crippen MR) is 156 cm³/mol. The summed E-state index contributed by atoms with van der Waals surface area (Å²) >= 11 is 3.59. The molecular weight excluding hydrogens is 490 g/mol. The van der Waals surface area contributed by atoms with Crippen LogP contribution in [0.3, 0.4) is 0 Å². The number of rotatable bonds is 11. The highest BCUT2D eigenvalue weighted by Gasteiger charge is 2.14. The number of allylic oxidation sites excluding steroid dienone is 4. The second kappa shape index (κ2) is 24.8. The quantitative estimate of drug-likeness (QED) is 0.144. The monoisotopic (exact) mass is 541 g/mol. The molecule has 0 atom stereocenters. The molecule has 0 aromatic carbocycles. The minimum absolute atomic E-state index is 0.609. The van der Waals surface area contributed by atoms with Crippen molar-refractivity contribution in [2.75, 3.05) is 33.9 Å². The summed E-state index contributed by atoms with van der Waals surface area (Å²) < 4.78 is 0.903. The topological polar surface area (TPSA) is 95.0 Å². The second-order valence-corrected chi connectivity index (χ2v) is 8.70. The van der Waals surface area contributed by atoms with Gasteiger partial charge >= 0.3 is 0 Å². The van der Waals surface area contributed by atoms with Gasteiger partial charge in [0.1, 0.15) is 5.82 Å². The molecule has 1 aliphatic carbocycles. The molecule has 0 aromatic heterocycles. The van der Waals surface area contributed by atoms with E-state index in [1.807, 2.05) is 20.1 Å². The largest absolute Gasteiger partial charge is 0.400 e. The number of hydrogen-bond acceptors (Lipinski definition) is 6. The van der Waals surface area contributed by atoms with E-state index in [9.17, 15) is 0 Å². The van der Waals surface area contributed by atoms with E-state index < -0.39 is 0 Å². The lowest BCUT2D eigenvalue weighted by Crippen LogP contribution is -2.29. The average Bonchev–Trinajstić information content (AvgIpc) is 3.34. The second-order valence-electron chi connectivity index (χ2n) is 7.84. The Morgan fingerprint density at radius 3 is 2.44 bits per heavy atom. The highest BCUT2D eigenvalue weighted by Crippen LogP contribution is 2.28. The molecule has 0 amide bonds. The van der Waals surface area contributed by atoms with Gasteiger partial charge in [0.15, 0.2) is 0 Å². The molecule has 0 bridgehead atoms. The highest BCUT2D eigenvalue weighted by atomic mass is 79.9. The molecule has 0 spiro atoms. The van der Waals surface area contributed by atoms with Crippen molar-refractivity contribution in [2.45, 2.75) is 86.0 Å². The molecule has 1 aliphatic heterocycles. The Hall–Kier alpha value is -1.28. The number of halogens is 1. The van der Waals surface area contributed by atoms with Crippen molar-refractivity contribution in [2.24, 2.45) is 21.6 Å². The van der Waals surface area contributed by atoms with Crippen molar-refractivity contribution in [1.82, 2.24) is 10.6 Å². The molecule has 7 heteroatoms. The zero-order valence-electron chi connectivity index (χ0n) is 22.9.